The van der Waals surface area contributed by atoms with Gasteiger partial charge in [-0.3, -0.25) is 0 Å². The molecule has 0 saturated heterocycles. The molecule has 0 aromatic carbocycles. The number of hydrogen-bond acceptors (Lipinski definition) is 1. The molecule has 0 spiro atoms. The van der Waals surface area contributed by atoms with Crippen molar-refractivity contribution in [1.82, 2.24) is 0 Å². The molecule has 0 bridgehead atoms. The van der Waals surface area contributed by atoms with Gasteiger partial charge in [-0.25, -0.2) is 0 Å². The number of aliphatic hydroxyl groups excluding tert-OH is 1. The average molecular weight is 199 g/mol. The number of alkyl halides is 5. The van der Waals surface area contributed by atoms with Gasteiger partial charge in [0, 0.05) is 0 Å². The van der Waals surface area contributed by atoms with Gasteiger partial charge in [-0.15, -0.1) is 23.2 Å². The van der Waals surface area contributed by atoms with Crippen LogP contribution < -0.4 is 0 Å². The largest absolute Gasteiger partial charge is 0.396 e. The number of halogens is 5. The Hall–Kier alpha value is 0.330. The Bertz CT molecular complexity index is 66.0. The minimum atomic E-state index is -4.20. The van der Waals surface area contributed by atoms with Crippen LogP contribution in [0.25, 0.3) is 0 Å². The second kappa shape index (κ2) is 7.44. The van der Waals surface area contributed by atoms with E-state index in [9.17, 15) is 13.2 Å². The van der Waals surface area contributed by atoms with Crippen molar-refractivity contribution < 1.29 is 18.3 Å². The molecule has 0 radical (unpaired) electrons. The van der Waals surface area contributed by atoms with Crippen molar-refractivity contribution in [3.05, 3.63) is 0 Å². The van der Waals surface area contributed by atoms with E-state index in [2.05, 4.69) is 0 Å². The Kier molecular flexibility index (Phi) is 9.64. The van der Waals surface area contributed by atoms with Crippen LogP contribution >= 0.6 is 23.2 Å². The SMILES string of the molecule is ClCCl.OCCC(F)(F)F. The number of rotatable bonds is 1. The molecule has 0 atom stereocenters. The lowest BCUT2D eigenvalue weighted by Gasteiger charge is -1.99. The fourth-order valence-corrected chi connectivity index (χ4v) is 0.127. The van der Waals surface area contributed by atoms with Crippen LogP contribution in [0.15, 0.2) is 0 Å². The van der Waals surface area contributed by atoms with Crippen molar-refractivity contribution in [1.29, 1.82) is 0 Å². The second-order valence-electron chi connectivity index (χ2n) is 1.19. The summed E-state index contributed by atoms with van der Waals surface area (Å²) in [5.41, 5.74) is 0. The van der Waals surface area contributed by atoms with E-state index < -0.39 is 19.2 Å². The van der Waals surface area contributed by atoms with Gasteiger partial charge in [-0.05, 0) is 0 Å². The summed E-state index contributed by atoms with van der Waals surface area (Å²) in [6.45, 7) is -0.816. The summed E-state index contributed by atoms with van der Waals surface area (Å²) in [5.74, 6) is 0. The molecule has 0 aliphatic rings. The van der Waals surface area contributed by atoms with Crippen molar-refractivity contribution in [2.24, 2.45) is 0 Å². The number of aliphatic hydroxyl groups is 1. The zero-order valence-electron chi connectivity index (χ0n) is 4.96. The first-order valence-corrected chi connectivity index (χ1v) is 3.34. The van der Waals surface area contributed by atoms with Crippen LogP contribution in [0.5, 0.6) is 0 Å². The van der Waals surface area contributed by atoms with Crippen LogP contribution in [0.1, 0.15) is 6.42 Å². The van der Waals surface area contributed by atoms with Crippen LogP contribution in [0.3, 0.4) is 0 Å². The van der Waals surface area contributed by atoms with E-state index in [1.807, 2.05) is 0 Å². The summed E-state index contributed by atoms with van der Waals surface area (Å²) < 4.78 is 32.7. The Morgan fingerprint density at radius 2 is 1.50 bits per heavy atom. The first kappa shape index (κ1) is 13.0. The van der Waals surface area contributed by atoms with Gasteiger partial charge in [0.2, 0.25) is 0 Å². The van der Waals surface area contributed by atoms with Gasteiger partial charge < -0.3 is 5.11 Å². The maximum Gasteiger partial charge on any atom is 0.391 e. The summed E-state index contributed by atoms with van der Waals surface area (Å²) in [7, 11) is 0. The van der Waals surface area contributed by atoms with E-state index >= 15 is 0 Å². The molecule has 0 heterocycles. The highest BCUT2D eigenvalue weighted by molar-refractivity contribution is 6.40. The first-order chi connectivity index (χ1) is 4.47. The lowest BCUT2D eigenvalue weighted by Crippen LogP contribution is -2.08. The van der Waals surface area contributed by atoms with Crippen LogP contribution in [0.4, 0.5) is 13.2 Å². The van der Waals surface area contributed by atoms with Crippen LogP contribution in [0.2, 0.25) is 0 Å². The molecular formula is C4H7Cl2F3O. The van der Waals surface area contributed by atoms with Crippen LogP contribution in [0, 0.1) is 0 Å². The van der Waals surface area contributed by atoms with Gasteiger partial charge >= 0.3 is 6.18 Å². The highest BCUT2D eigenvalue weighted by atomic mass is 35.5. The Balaban J connectivity index is 0. The molecular weight excluding hydrogens is 192 g/mol. The lowest BCUT2D eigenvalue weighted by molar-refractivity contribution is -0.141. The molecule has 0 aromatic rings. The van der Waals surface area contributed by atoms with Gasteiger partial charge in [0.1, 0.15) is 0 Å². The Morgan fingerprint density at radius 1 is 1.20 bits per heavy atom. The molecule has 64 valence electrons. The van der Waals surface area contributed by atoms with E-state index in [0.717, 1.165) is 0 Å². The molecule has 0 fully saturated rings. The molecule has 0 aromatic heterocycles. The zero-order chi connectivity index (χ0) is 8.62. The third-order valence-electron chi connectivity index (χ3n) is 0.395. The van der Waals surface area contributed by atoms with Gasteiger partial charge in [0.05, 0.1) is 18.4 Å². The van der Waals surface area contributed by atoms with Crippen molar-refractivity contribution in [2.75, 3.05) is 11.9 Å². The Labute approximate surface area is 66.7 Å². The van der Waals surface area contributed by atoms with Gasteiger partial charge in [0.15, 0.2) is 0 Å². The van der Waals surface area contributed by atoms with E-state index in [1.165, 1.54) is 0 Å². The highest BCUT2D eigenvalue weighted by Crippen LogP contribution is 2.17. The maximum atomic E-state index is 10.9. The van der Waals surface area contributed by atoms with E-state index in [0.29, 0.717) is 0 Å². The standard InChI is InChI=1S/C3H5F3O.CH2Cl2/c4-3(5,6)1-2-7;2-1-3/h7H,1-2H2;1H2. The molecule has 0 rings (SSSR count). The summed E-state index contributed by atoms with van der Waals surface area (Å²) >= 11 is 9.53. The number of hydrogen-bond donors (Lipinski definition) is 1. The van der Waals surface area contributed by atoms with Crippen molar-refractivity contribution in [2.45, 2.75) is 12.6 Å². The quantitative estimate of drug-likeness (QED) is 0.642. The molecule has 0 saturated carbocycles. The first-order valence-electron chi connectivity index (χ1n) is 2.27. The predicted molar refractivity (Wildman–Crippen MR) is 34.3 cm³/mol. The molecule has 10 heavy (non-hydrogen) atoms. The van der Waals surface area contributed by atoms with Gasteiger partial charge in [-0.2, -0.15) is 13.2 Å². The Morgan fingerprint density at radius 3 is 1.50 bits per heavy atom. The van der Waals surface area contributed by atoms with E-state index in [-0.39, 0.29) is 5.34 Å². The van der Waals surface area contributed by atoms with Gasteiger partial charge in [-0.1, -0.05) is 0 Å². The normalized spacial score (nSPS) is 10.2. The van der Waals surface area contributed by atoms with Crippen molar-refractivity contribution >= 4 is 23.2 Å². The third-order valence-corrected chi connectivity index (χ3v) is 0.395. The fraction of sp³-hybridized carbons (Fsp3) is 1.00. The van der Waals surface area contributed by atoms with Crippen molar-refractivity contribution in [3.8, 4) is 0 Å². The van der Waals surface area contributed by atoms with Crippen LogP contribution in [-0.2, 0) is 0 Å². The highest BCUT2D eigenvalue weighted by Gasteiger charge is 2.25. The van der Waals surface area contributed by atoms with E-state index in [4.69, 9.17) is 28.3 Å². The smallest absolute Gasteiger partial charge is 0.391 e. The predicted octanol–water partition coefficient (Wildman–Crippen LogP) is 2.35. The third kappa shape index (κ3) is 23.9. The molecule has 1 nitrogen and oxygen atoms in total. The minimum absolute atomic E-state index is 0.194. The molecule has 0 aliphatic heterocycles. The molecule has 0 unspecified atom stereocenters. The van der Waals surface area contributed by atoms with E-state index in [1.54, 1.807) is 0 Å². The van der Waals surface area contributed by atoms with Crippen LogP contribution in [-0.4, -0.2) is 23.2 Å². The fourth-order valence-electron chi connectivity index (χ4n) is 0.127. The zero-order valence-corrected chi connectivity index (χ0v) is 6.47. The maximum absolute atomic E-state index is 10.9. The lowest BCUT2D eigenvalue weighted by atomic mass is 10.5. The molecule has 0 aliphatic carbocycles. The summed E-state index contributed by atoms with van der Waals surface area (Å²) in [6.07, 6.45) is -5.30. The monoisotopic (exact) mass is 198 g/mol. The van der Waals surface area contributed by atoms with Gasteiger partial charge in [0.25, 0.3) is 0 Å². The summed E-state index contributed by atoms with van der Waals surface area (Å²) in [6, 6.07) is 0. The average Bonchev–Trinajstić information content (AvgIpc) is 1.63. The topological polar surface area (TPSA) is 20.2 Å². The second-order valence-corrected chi connectivity index (χ2v) is 2.00. The molecule has 0 amide bonds. The molecule has 6 heteroatoms. The minimum Gasteiger partial charge on any atom is -0.396 e. The summed E-state index contributed by atoms with van der Waals surface area (Å²) in [5, 5.41) is 7.88. The van der Waals surface area contributed by atoms with Crippen molar-refractivity contribution in [3.63, 3.8) is 0 Å². The molecule has 1 N–H and O–H groups in total. The summed E-state index contributed by atoms with van der Waals surface area (Å²) in [4.78, 5) is 0.